The molecule has 7 atom stereocenters. The number of aliphatic hydroxyl groups is 1. The Morgan fingerprint density at radius 2 is 1.69 bits per heavy atom. The van der Waals surface area contributed by atoms with E-state index in [1.165, 1.54) is 12.0 Å². The van der Waals surface area contributed by atoms with Gasteiger partial charge < -0.3 is 5.11 Å². The normalized spacial score (nSPS) is 41.8. The predicted molar refractivity (Wildman–Crippen MR) is 115 cm³/mol. The van der Waals surface area contributed by atoms with E-state index in [1.54, 1.807) is 12.1 Å². The van der Waals surface area contributed by atoms with Crippen LogP contribution < -0.4 is 0 Å². The Morgan fingerprint density at radius 3 is 2.45 bits per heavy atom. The first kappa shape index (κ1) is 19.8. The SMILES string of the molecule is CC[C@]1(O)CC[C@H]2C(=CC[C@H]3[C@@H]4CCC(S(=O)(=O)c5ccccc5)[C@H]4CC[C@@H]32)C1. The molecule has 3 saturated carbocycles. The molecule has 1 aromatic rings. The first-order chi connectivity index (χ1) is 13.9. The molecule has 158 valence electrons. The van der Waals surface area contributed by atoms with Crippen LogP contribution in [0.5, 0.6) is 0 Å². The molecule has 0 aromatic heterocycles. The second-order valence-corrected chi connectivity index (χ2v) is 12.3. The van der Waals surface area contributed by atoms with Crippen molar-refractivity contribution in [1.29, 1.82) is 0 Å². The van der Waals surface area contributed by atoms with Crippen LogP contribution in [0.25, 0.3) is 0 Å². The molecule has 4 heteroatoms. The summed E-state index contributed by atoms with van der Waals surface area (Å²) in [5.41, 5.74) is 1.01. The van der Waals surface area contributed by atoms with E-state index in [9.17, 15) is 13.5 Å². The topological polar surface area (TPSA) is 54.4 Å². The highest BCUT2D eigenvalue weighted by atomic mass is 32.2. The number of hydrogen-bond acceptors (Lipinski definition) is 3. The molecule has 4 aliphatic rings. The average molecular weight is 415 g/mol. The molecule has 0 spiro atoms. The minimum Gasteiger partial charge on any atom is -0.390 e. The molecule has 0 radical (unpaired) electrons. The van der Waals surface area contributed by atoms with Gasteiger partial charge in [0.2, 0.25) is 0 Å². The molecule has 5 rings (SSSR count). The maximum absolute atomic E-state index is 13.3. The van der Waals surface area contributed by atoms with Gasteiger partial charge in [-0.1, -0.05) is 36.8 Å². The van der Waals surface area contributed by atoms with E-state index in [-0.39, 0.29) is 5.25 Å². The summed E-state index contributed by atoms with van der Waals surface area (Å²) in [5, 5.41) is 10.6. The van der Waals surface area contributed by atoms with Gasteiger partial charge in [0.25, 0.3) is 0 Å². The maximum atomic E-state index is 13.3. The largest absolute Gasteiger partial charge is 0.390 e. The number of hydrogen-bond donors (Lipinski definition) is 1. The van der Waals surface area contributed by atoms with Crippen molar-refractivity contribution in [2.75, 3.05) is 0 Å². The van der Waals surface area contributed by atoms with Crippen molar-refractivity contribution in [2.24, 2.45) is 29.6 Å². The highest BCUT2D eigenvalue weighted by molar-refractivity contribution is 7.92. The first-order valence-electron chi connectivity index (χ1n) is 11.6. The van der Waals surface area contributed by atoms with E-state index in [2.05, 4.69) is 13.0 Å². The van der Waals surface area contributed by atoms with Crippen LogP contribution in [0.3, 0.4) is 0 Å². The van der Waals surface area contributed by atoms with Crippen molar-refractivity contribution in [2.45, 2.75) is 80.5 Å². The van der Waals surface area contributed by atoms with Gasteiger partial charge in [-0.3, -0.25) is 0 Å². The molecule has 3 nitrogen and oxygen atoms in total. The number of sulfone groups is 1. The predicted octanol–water partition coefficient (Wildman–Crippen LogP) is 5.15. The Hall–Kier alpha value is -1.13. The third-order valence-electron chi connectivity index (χ3n) is 8.97. The van der Waals surface area contributed by atoms with Crippen LogP contribution in [-0.4, -0.2) is 24.4 Å². The van der Waals surface area contributed by atoms with Crippen LogP contribution in [-0.2, 0) is 9.84 Å². The van der Waals surface area contributed by atoms with Crippen LogP contribution in [0.15, 0.2) is 46.9 Å². The van der Waals surface area contributed by atoms with Crippen LogP contribution in [0.2, 0.25) is 0 Å². The summed E-state index contributed by atoms with van der Waals surface area (Å²) in [7, 11) is -3.24. The van der Waals surface area contributed by atoms with Gasteiger partial charge in [0.1, 0.15) is 0 Å². The quantitative estimate of drug-likeness (QED) is 0.696. The van der Waals surface area contributed by atoms with Gasteiger partial charge in [-0.25, -0.2) is 8.42 Å². The Morgan fingerprint density at radius 1 is 0.966 bits per heavy atom. The molecular formula is C25H34O3S. The summed E-state index contributed by atoms with van der Waals surface area (Å²) in [5.74, 6) is 2.86. The lowest BCUT2D eigenvalue weighted by atomic mass is 9.55. The molecule has 1 aromatic carbocycles. The Labute approximate surface area is 175 Å². The fourth-order valence-corrected chi connectivity index (χ4v) is 9.57. The van der Waals surface area contributed by atoms with Crippen LogP contribution in [0.1, 0.15) is 64.7 Å². The van der Waals surface area contributed by atoms with Crippen LogP contribution in [0, 0.1) is 29.6 Å². The molecule has 0 aliphatic heterocycles. The van der Waals surface area contributed by atoms with Gasteiger partial charge in [-0.2, -0.15) is 0 Å². The van der Waals surface area contributed by atoms with E-state index in [1.807, 2.05) is 18.2 Å². The number of allylic oxidation sites excluding steroid dienone is 1. The van der Waals surface area contributed by atoms with Gasteiger partial charge >= 0.3 is 0 Å². The van der Waals surface area contributed by atoms with Crippen molar-refractivity contribution in [1.82, 2.24) is 0 Å². The second kappa shape index (κ2) is 7.23. The number of rotatable bonds is 3. The number of benzene rings is 1. The molecule has 1 N–H and O–H groups in total. The molecule has 0 heterocycles. The standard InChI is InChI=1S/C25H34O3S/c1-2-25(26)15-14-19-17(16-25)8-9-21-20(19)10-11-23-22(21)12-13-24(23)29(27,28)18-6-4-3-5-7-18/h3-8,19-24,26H,2,9-16H2,1H3/t19-,20+,21+,22-,23-,24?,25-/m0/s1. The molecule has 29 heavy (non-hydrogen) atoms. The monoisotopic (exact) mass is 414 g/mol. The van der Waals surface area contributed by atoms with E-state index in [0.29, 0.717) is 34.5 Å². The molecular weight excluding hydrogens is 380 g/mol. The average Bonchev–Trinajstić information content (AvgIpc) is 3.19. The van der Waals surface area contributed by atoms with Crippen molar-refractivity contribution >= 4 is 9.84 Å². The highest BCUT2D eigenvalue weighted by Crippen LogP contribution is 2.58. The van der Waals surface area contributed by atoms with E-state index < -0.39 is 15.4 Å². The lowest BCUT2D eigenvalue weighted by Crippen LogP contribution is -2.45. The minimum atomic E-state index is -3.24. The molecule has 0 amide bonds. The highest BCUT2D eigenvalue weighted by Gasteiger charge is 2.53. The van der Waals surface area contributed by atoms with Crippen molar-refractivity contribution in [3.63, 3.8) is 0 Å². The zero-order chi connectivity index (χ0) is 20.2. The first-order valence-corrected chi connectivity index (χ1v) is 13.2. The summed E-state index contributed by atoms with van der Waals surface area (Å²) < 4.78 is 26.7. The maximum Gasteiger partial charge on any atom is 0.181 e. The summed E-state index contributed by atoms with van der Waals surface area (Å²) >= 11 is 0. The summed E-state index contributed by atoms with van der Waals surface area (Å²) in [6.45, 7) is 2.10. The Bertz CT molecular complexity index is 890. The smallest absolute Gasteiger partial charge is 0.181 e. The summed E-state index contributed by atoms with van der Waals surface area (Å²) in [4.78, 5) is 0.504. The van der Waals surface area contributed by atoms with E-state index in [4.69, 9.17) is 0 Å². The lowest BCUT2D eigenvalue weighted by Gasteiger charge is -2.51. The fourth-order valence-electron chi connectivity index (χ4n) is 7.44. The van der Waals surface area contributed by atoms with Gasteiger partial charge in [0, 0.05) is 0 Å². The van der Waals surface area contributed by atoms with Crippen molar-refractivity contribution in [3.8, 4) is 0 Å². The van der Waals surface area contributed by atoms with E-state index >= 15 is 0 Å². The molecule has 0 bridgehead atoms. The minimum absolute atomic E-state index is 0.197. The molecule has 0 saturated heterocycles. The van der Waals surface area contributed by atoms with Crippen molar-refractivity contribution < 1.29 is 13.5 Å². The number of fused-ring (bicyclic) bond motifs is 5. The van der Waals surface area contributed by atoms with Gasteiger partial charge in [-0.05, 0) is 99.5 Å². The zero-order valence-electron chi connectivity index (χ0n) is 17.5. The van der Waals surface area contributed by atoms with Gasteiger partial charge in [0.05, 0.1) is 15.7 Å². The summed E-state index contributed by atoms with van der Waals surface area (Å²) in [6.07, 6.45) is 11.4. The van der Waals surface area contributed by atoms with Gasteiger partial charge in [0.15, 0.2) is 9.84 Å². The molecule has 4 aliphatic carbocycles. The molecule has 1 unspecified atom stereocenters. The Balaban J connectivity index is 1.38. The zero-order valence-corrected chi connectivity index (χ0v) is 18.3. The Kier molecular flexibility index (Phi) is 4.94. The lowest BCUT2D eigenvalue weighted by molar-refractivity contribution is -0.0168. The van der Waals surface area contributed by atoms with Crippen molar-refractivity contribution in [3.05, 3.63) is 42.0 Å². The van der Waals surface area contributed by atoms with E-state index in [0.717, 1.165) is 51.4 Å². The van der Waals surface area contributed by atoms with Gasteiger partial charge in [-0.15, -0.1) is 0 Å². The second-order valence-electron chi connectivity index (χ2n) is 10.1. The third kappa shape index (κ3) is 3.22. The van der Waals surface area contributed by atoms with Crippen LogP contribution in [0.4, 0.5) is 0 Å². The third-order valence-corrected chi connectivity index (χ3v) is 11.3. The molecule has 3 fully saturated rings. The summed E-state index contributed by atoms with van der Waals surface area (Å²) in [6, 6.07) is 9.09. The fraction of sp³-hybridized carbons (Fsp3) is 0.680. The van der Waals surface area contributed by atoms with Crippen LogP contribution >= 0.6 is 0 Å².